The van der Waals surface area contributed by atoms with Crippen LogP contribution in [0.4, 0.5) is 0 Å². The van der Waals surface area contributed by atoms with Crippen molar-refractivity contribution in [2.24, 2.45) is 0 Å². The van der Waals surface area contributed by atoms with Crippen molar-refractivity contribution in [2.75, 3.05) is 13.7 Å². The fraction of sp³-hybridized carbons (Fsp3) is 0.500. The van der Waals surface area contributed by atoms with Gasteiger partial charge >= 0.3 is 0 Å². The molecule has 0 radical (unpaired) electrons. The van der Waals surface area contributed by atoms with Gasteiger partial charge in [-0.25, -0.2) is 4.68 Å². The van der Waals surface area contributed by atoms with Gasteiger partial charge in [-0.1, -0.05) is 19.6 Å². The van der Waals surface area contributed by atoms with Gasteiger partial charge in [0.1, 0.15) is 12.5 Å². The minimum atomic E-state index is -1.07. The molecule has 0 aliphatic rings. The Morgan fingerprint density at radius 2 is 2.05 bits per heavy atom. The van der Waals surface area contributed by atoms with E-state index in [9.17, 15) is 5.11 Å². The predicted octanol–water partition coefficient (Wildman–Crippen LogP) is 3.06. The van der Waals surface area contributed by atoms with Crippen molar-refractivity contribution in [3.05, 3.63) is 18.2 Å². The number of ether oxygens (including phenoxy) is 2. The van der Waals surface area contributed by atoms with Gasteiger partial charge in [0.25, 0.3) is 0 Å². The van der Waals surface area contributed by atoms with Crippen molar-refractivity contribution in [3.63, 3.8) is 0 Å². The van der Waals surface area contributed by atoms with E-state index in [4.69, 9.17) is 9.47 Å². The zero-order valence-corrected chi connectivity index (χ0v) is 13.5. The molecule has 0 fully saturated rings. The van der Waals surface area contributed by atoms with Gasteiger partial charge < -0.3 is 14.6 Å². The maximum atomic E-state index is 9.54. The van der Waals surface area contributed by atoms with Crippen LogP contribution in [0, 0.1) is 0 Å². The minimum Gasteiger partial charge on any atom is -0.508 e. The van der Waals surface area contributed by atoms with E-state index in [0.717, 1.165) is 23.6 Å². The minimum absolute atomic E-state index is 0.204. The number of methoxy groups -OCH3 is 1. The average Bonchev–Trinajstić information content (AvgIpc) is 2.71. The molecule has 0 aliphatic carbocycles. The van der Waals surface area contributed by atoms with Crippen LogP contribution < -0.4 is 4.74 Å². The smallest absolute Gasteiger partial charge is 0.240 e. The first-order valence-electron chi connectivity index (χ1n) is 6.72. The molecule has 2 aromatic rings. The number of hydrogen-bond donors (Lipinski definition) is 1. The number of fused-ring (bicyclic) bond motifs is 1. The number of benzene rings is 1. The molecule has 0 aliphatic heterocycles. The number of phenolic OH excluding ortho intramolecular Hbond substituents is 1. The summed E-state index contributed by atoms with van der Waals surface area (Å²) in [6.07, 6.45) is 0. The molecule has 1 N–H and O–H groups in total. The SMILES string of the molecule is COc1nn(COCC[Si](C)(C)C)c2ccc(O)cc12. The van der Waals surface area contributed by atoms with Crippen molar-refractivity contribution in [1.82, 2.24) is 9.78 Å². The first kappa shape index (κ1) is 14.9. The van der Waals surface area contributed by atoms with E-state index in [-0.39, 0.29) is 5.75 Å². The highest BCUT2D eigenvalue weighted by Gasteiger charge is 2.14. The van der Waals surface area contributed by atoms with E-state index in [1.54, 1.807) is 23.9 Å². The molecule has 110 valence electrons. The first-order chi connectivity index (χ1) is 9.40. The zero-order chi connectivity index (χ0) is 14.8. The Kier molecular flexibility index (Phi) is 4.34. The number of aromatic hydroxyl groups is 1. The van der Waals surface area contributed by atoms with Crippen LogP contribution in [0.25, 0.3) is 10.9 Å². The molecule has 1 aromatic carbocycles. The maximum absolute atomic E-state index is 9.54. The molecular formula is C14H22N2O3Si. The van der Waals surface area contributed by atoms with Crippen LogP contribution in [0.15, 0.2) is 18.2 Å². The van der Waals surface area contributed by atoms with Crippen LogP contribution in [0.1, 0.15) is 0 Å². The Balaban J connectivity index is 2.10. The third-order valence-corrected chi connectivity index (χ3v) is 4.81. The van der Waals surface area contributed by atoms with Gasteiger partial charge in [0.2, 0.25) is 5.88 Å². The molecule has 0 saturated carbocycles. The van der Waals surface area contributed by atoms with Crippen LogP contribution in [0.2, 0.25) is 25.7 Å². The number of phenols is 1. The van der Waals surface area contributed by atoms with E-state index >= 15 is 0 Å². The van der Waals surface area contributed by atoms with Crippen LogP contribution in [-0.2, 0) is 11.5 Å². The van der Waals surface area contributed by atoms with Crippen LogP contribution >= 0.6 is 0 Å². The summed E-state index contributed by atoms with van der Waals surface area (Å²) >= 11 is 0. The molecule has 0 unspecified atom stereocenters. The molecule has 5 nitrogen and oxygen atoms in total. The molecule has 0 bridgehead atoms. The molecule has 0 spiro atoms. The first-order valence-corrected chi connectivity index (χ1v) is 10.4. The number of nitrogens with zero attached hydrogens (tertiary/aromatic N) is 2. The van der Waals surface area contributed by atoms with Crippen molar-refractivity contribution < 1.29 is 14.6 Å². The summed E-state index contributed by atoms with van der Waals surface area (Å²) < 4.78 is 12.7. The summed E-state index contributed by atoms with van der Waals surface area (Å²) in [5.41, 5.74) is 0.896. The standard InChI is InChI=1S/C14H22N2O3Si/c1-18-14-12-9-11(17)5-6-13(12)16(15-14)10-19-7-8-20(2,3)4/h5-6,9,17H,7-8,10H2,1-4H3. The summed E-state index contributed by atoms with van der Waals surface area (Å²) in [4.78, 5) is 0. The molecule has 20 heavy (non-hydrogen) atoms. The second kappa shape index (κ2) is 5.84. The summed E-state index contributed by atoms with van der Waals surface area (Å²) in [7, 11) is 0.501. The van der Waals surface area contributed by atoms with E-state index in [2.05, 4.69) is 24.7 Å². The second-order valence-corrected chi connectivity index (χ2v) is 11.7. The highest BCUT2D eigenvalue weighted by atomic mass is 28.3. The van der Waals surface area contributed by atoms with Gasteiger partial charge in [0.15, 0.2) is 0 Å². The lowest BCUT2D eigenvalue weighted by Gasteiger charge is -2.15. The van der Waals surface area contributed by atoms with Crippen LogP contribution in [0.3, 0.4) is 0 Å². The van der Waals surface area contributed by atoms with E-state index < -0.39 is 8.07 Å². The lowest BCUT2D eigenvalue weighted by Crippen LogP contribution is -2.22. The Morgan fingerprint density at radius 1 is 1.30 bits per heavy atom. The van der Waals surface area contributed by atoms with Gasteiger partial charge in [-0.2, -0.15) is 0 Å². The Bertz CT molecular complexity index is 590. The summed E-state index contributed by atoms with van der Waals surface area (Å²) in [5.74, 6) is 0.708. The van der Waals surface area contributed by atoms with Crippen molar-refractivity contribution in [3.8, 4) is 11.6 Å². The lowest BCUT2D eigenvalue weighted by molar-refractivity contribution is 0.0807. The monoisotopic (exact) mass is 294 g/mol. The van der Waals surface area contributed by atoms with Crippen molar-refractivity contribution in [1.29, 1.82) is 0 Å². The van der Waals surface area contributed by atoms with Gasteiger partial charge in [-0.15, -0.1) is 5.10 Å². The normalized spacial score (nSPS) is 12.0. The Hall–Kier alpha value is -1.53. The summed E-state index contributed by atoms with van der Waals surface area (Å²) in [6, 6.07) is 6.24. The largest absolute Gasteiger partial charge is 0.508 e. The van der Waals surface area contributed by atoms with E-state index in [0.29, 0.717) is 12.6 Å². The summed E-state index contributed by atoms with van der Waals surface area (Å²) in [6.45, 7) is 8.12. The van der Waals surface area contributed by atoms with E-state index in [1.165, 1.54) is 0 Å². The fourth-order valence-corrected chi connectivity index (χ4v) is 2.67. The van der Waals surface area contributed by atoms with Gasteiger partial charge in [-0.3, -0.25) is 0 Å². The number of rotatable bonds is 6. The molecule has 0 amide bonds. The Morgan fingerprint density at radius 3 is 2.70 bits per heavy atom. The number of hydrogen-bond acceptors (Lipinski definition) is 4. The molecule has 2 rings (SSSR count). The molecule has 1 heterocycles. The highest BCUT2D eigenvalue weighted by molar-refractivity contribution is 6.76. The third kappa shape index (κ3) is 3.52. The molecule has 0 saturated heterocycles. The van der Waals surface area contributed by atoms with Gasteiger partial charge in [0, 0.05) is 14.7 Å². The summed E-state index contributed by atoms with van der Waals surface area (Å²) in [5, 5.41) is 14.7. The van der Waals surface area contributed by atoms with Crippen LogP contribution in [0.5, 0.6) is 11.6 Å². The van der Waals surface area contributed by atoms with Crippen LogP contribution in [-0.4, -0.2) is 36.7 Å². The molecule has 0 atom stereocenters. The van der Waals surface area contributed by atoms with Crippen molar-refractivity contribution >= 4 is 19.0 Å². The molecule has 1 aromatic heterocycles. The number of aromatic nitrogens is 2. The average molecular weight is 294 g/mol. The third-order valence-electron chi connectivity index (χ3n) is 3.10. The van der Waals surface area contributed by atoms with Gasteiger partial charge in [-0.05, 0) is 24.2 Å². The quantitative estimate of drug-likeness (QED) is 0.657. The van der Waals surface area contributed by atoms with Gasteiger partial charge in [0.05, 0.1) is 18.0 Å². The topological polar surface area (TPSA) is 56.5 Å². The Labute approximate surface area is 120 Å². The highest BCUT2D eigenvalue weighted by Crippen LogP contribution is 2.28. The van der Waals surface area contributed by atoms with Crippen molar-refractivity contribution in [2.45, 2.75) is 32.4 Å². The lowest BCUT2D eigenvalue weighted by atomic mass is 10.2. The second-order valence-electron chi connectivity index (χ2n) is 6.06. The van der Waals surface area contributed by atoms with E-state index in [1.807, 2.05) is 6.07 Å². The fourth-order valence-electron chi connectivity index (χ4n) is 1.92. The molecular weight excluding hydrogens is 272 g/mol. The predicted molar refractivity (Wildman–Crippen MR) is 82.1 cm³/mol. The molecule has 6 heteroatoms. The zero-order valence-electron chi connectivity index (χ0n) is 12.5. The maximum Gasteiger partial charge on any atom is 0.240 e.